The Hall–Kier alpha value is -2.03. The van der Waals surface area contributed by atoms with E-state index in [0.717, 1.165) is 0 Å². The van der Waals surface area contributed by atoms with Crippen LogP contribution in [0.25, 0.3) is 11.2 Å². The van der Waals surface area contributed by atoms with Gasteiger partial charge in [-0.25, -0.2) is 9.78 Å². The summed E-state index contributed by atoms with van der Waals surface area (Å²) in [6, 6.07) is 0. The number of hydrogen-bond acceptors (Lipinski definition) is 6. The number of H-pyrrole nitrogens is 1. The Morgan fingerprint density at radius 1 is 1.38 bits per heavy atom. The van der Waals surface area contributed by atoms with Crippen molar-refractivity contribution < 1.29 is 9.53 Å². The monoisotopic (exact) mass is 312 g/mol. The van der Waals surface area contributed by atoms with Crippen molar-refractivity contribution in [3.8, 4) is 0 Å². The van der Waals surface area contributed by atoms with Crippen molar-refractivity contribution in [1.82, 2.24) is 19.1 Å². The second-order valence-corrected chi connectivity index (χ2v) is 5.76. The molecule has 0 saturated heterocycles. The number of aromatic amines is 1. The van der Waals surface area contributed by atoms with Gasteiger partial charge in [0.05, 0.1) is 6.61 Å². The molecule has 1 atom stereocenters. The van der Waals surface area contributed by atoms with E-state index in [1.807, 2.05) is 0 Å². The highest BCUT2D eigenvalue weighted by Crippen LogP contribution is 2.24. The topological polar surface area (TPSA) is 99.0 Å². The highest BCUT2D eigenvalue weighted by Gasteiger charge is 2.21. The van der Waals surface area contributed by atoms with Gasteiger partial charge in [-0.15, -0.1) is 0 Å². The number of nitrogens with zero attached hydrogens (tertiary/aromatic N) is 3. The summed E-state index contributed by atoms with van der Waals surface area (Å²) in [7, 11) is 3.19. The van der Waals surface area contributed by atoms with E-state index in [-0.39, 0.29) is 17.1 Å². The second kappa shape index (κ2) is 5.76. The average molecular weight is 312 g/mol. The average Bonchev–Trinajstić information content (AvgIpc) is 2.74. The van der Waals surface area contributed by atoms with Gasteiger partial charge >= 0.3 is 11.7 Å². The van der Waals surface area contributed by atoms with Crippen LogP contribution in [-0.2, 0) is 23.6 Å². The number of hydrogen-bond donors (Lipinski definition) is 1. The van der Waals surface area contributed by atoms with Crippen LogP contribution >= 0.6 is 11.8 Å². The number of ether oxygens (including phenoxy) is 1. The normalized spacial score (nSPS) is 12.6. The van der Waals surface area contributed by atoms with Crippen LogP contribution in [0.4, 0.5) is 0 Å². The molecule has 114 valence electrons. The van der Waals surface area contributed by atoms with Crippen molar-refractivity contribution in [3.05, 3.63) is 20.8 Å². The number of carbonyl (C=O) groups excluding carboxylic acids is 1. The summed E-state index contributed by atoms with van der Waals surface area (Å²) in [5.74, 6) is -0.350. The van der Waals surface area contributed by atoms with E-state index < -0.39 is 16.5 Å². The van der Waals surface area contributed by atoms with E-state index >= 15 is 0 Å². The van der Waals surface area contributed by atoms with Gasteiger partial charge in [0.1, 0.15) is 5.25 Å². The van der Waals surface area contributed by atoms with Crippen molar-refractivity contribution in [3.63, 3.8) is 0 Å². The fourth-order valence-corrected chi connectivity index (χ4v) is 2.73. The first-order valence-corrected chi connectivity index (χ1v) is 7.23. The minimum Gasteiger partial charge on any atom is -0.465 e. The highest BCUT2D eigenvalue weighted by atomic mass is 32.2. The molecule has 0 saturated carbocycles. The number of nitrogens with one attached hydrogen (secondary N) is 1. The van der Waals surface area contributed by atoms with Crippen molar-refractivity contribution in [2.75, 3.05) is 6.61 Å². The molecule has 0 amide bonds. The molecule has 0 spiro atoms. The molecule has 21 heavy (non-hydrogen) atoms. The van der Waals surface area contributed by atoms with Gasteiger partial charge in [-0.2, -0.15) is 0 Å². The van der Waals surface area contributed by atoms with E-state index in [1.165, 1.54) is 23.4 Å². The number of aromatic nitrogens is 4. The number of thioether (sulfide) groups is 1. The van der Waals surface area contributed by atoms with Crippen molar-refractivity contribution >= 4 is 28.9 Å². The Bertz CT molecular complexity index is 804. The Kier molecular flexibility index (Phi) is 4.21. The smallest absolute Gasteiger partial charge is 0.329 e. The summed E-state index contributed by atoms with van der Waals surface area (Å²) in [4.78, 5) is 41.6. The highest BCUT2D eigenvalue weighted by molar-refractivity contribution is 8.00. The van der Waals surface area contributed by atoms with Crippen LogP contribution < -0.4 is 11.2 Å². The Labute approximate surface area is 124 Å². The van der Waals surface area contributed by atoms with Crippen molar-refractivity contribution in [1.29, 1.82) is 0 Å². The number of esters is 1. The van der Waals surface area contributed by atoms with Crippen LogP contribution in [0, 0.1) is 0 Å². The molecule has 0 fully saturated rings. The molecule has 2 aromatic heterocycles. The van der Waals surface area contributed by atoms with Gasteiger partial charge < -0.3 is 9.30 Å². The molecular weight excluding hydrogens is 296 g/mol. The summed E-state index contributed by atoms with van der Waals surface area (Å²) in [6.07, 6.45) is 0. The molecule has 0 bridgehead atoms. The third-order valence-corrected chi connectivity index (χ3v) is 4.12. The maximum Gasteiger partial charge on any atom is 0.329 e. The molecule has 0 radical (unpaired) electrons. The Morgan fingerprint density at radius 2 is 2.05 bits per heavy atom. The summed E-state index contributed by atoms with van der Waals surface area (Å²) < 4.78 is 7.76. The van der Waals surface area contributed by atoms with Gasteiger partial charge in [0.15, 0.2) is 16.3 Å². The first-order chi connectivity index (χ1) is 9.86. The molecule has 2 aromatic rings. The van der Waals surface area contributed by atoms with Gasteiger partial charge in [-0.1, -0.05) is 11.8 Å². The number of rotatable bonds is 4. The lowest BCUT2D eigenvalue weighted by molar-refractivity contribution is -0.142. The van der Waals surface area contributed by atoms with Crippen LogP contribution in [0.3, 0.4) is 0 Å². The summed E-state index contributed by atoms with van der Waals surface area (Å²) in [6.45, 7) is 3.74. The maximum atomic E-state index is 11.9. The van der Waals surface area contributed by atoms with Crippen LogP contribution in [0.2, 0.25) is 0 Å². The lowest BCUT2D eigenvalue weighted by atomic mass is 10.5. The van der Waals surface area contributed by atoms with Crippen LogP contribution in [-0.4, -0.2) is 36.9 Å². The molecule has 0 aliphatic heterocycles. The summed E-state index contributed by atoms with van der Waals surface area (Å²) in [5.41, 5.74) is -0.459. The molecule has 0 aliphatic rings. The standard InChI is InChI=1S/C12H16N4O4S/c1-5-20-10(18)6(2)21-12-13-8-7(15(12)3)9(17)14-11(19)16(8)4/h6H,5H2,1-4H3,(H,14,17,19)/t6-/m0/s1. The largest absolute Gasteiger partial charge is 0.465 e. The molecule has 1 N–H and O–H groups in total. The zero-order valence-corrected chi connectivity index (χ0v) is 13.0. The van der Waals surface area contributed by atoms with Crippen molar-refractivity contribution in [2.24, 2.45) is 14.1 Å². The van der Waals surface area contributed by atoms with Gasteiger partial charge in [0, 0.05) is 14.1 Å². The fraction of sp³-hybridized carbons (Fsp3) is 0.500. The van der Waals surface area contributed by atoms with Gasteiger partial charge in [0.2, 0.25) is 0 Å². The zero-order chi connectivity index (χ0) is 15.7. The zero-order valence-electron chi connectivity index (χ0n) is 12.2. The Morgan fingerprint density at radius 3 is 2.67 bits per heavy atom. The molecule has 8 nitrogen and oxygen atoms in total. The molecule has 9 heteroatoms. The van der Waals surface area contributed by atoms with Gasteiger partial charge in [-0.05, 0) is 13.8 Å². The fourth-order valence-electron chi connectivity index (χ4n) is 1.86. The molecule has 0 aliphatic carbocycles. The number of carbonyl (C=O) groups is 1. The van der Waals surface area contributed by atoms with E-state index in [0.29, 0.717) is 11.8 Å². The van der Waals surface area contributed by atoms with E-state index in [2.05, 4.69) is 9.97 Å². The van der Waals surface area contributed by atoms with Gasteiger partial charge in [-0.3, -0.25) is 19.1 Å². The molecule has 2 heterocycles. The van der Waals surface area contributed by atoms with Gasteiger partial charge in [0.25, 0.3) is 5.56 Å². The lowest BCUT2D eigenvalue weighted by Crippen LogP contribution is -2.29. The van der Waals surface area contributed by atoms with E-state index in [1.54, 1.807) is 25.5 Å². The number of fused-ring (bicyclic) bond motifs is 1. The molecule has 0 aromatic carbocycles. The minimum atomic E-state index is -0.527. The minimum absolute atomic E-state index is 0.282. The first kappa shape index (κ1) is 15.4. The number of imidazole rings is 1. The van der Waals surface area contributed by atoms with Crippen LogP contribution in [0.1, 0.15) is 13.8 Å². The maximum absolute atomic E-state index is 11.9. The third-order valence-electron chi connectivity index (χ3n) is 2.99. The van der Waals surface area contributed by atoms with E-state index in [9.17, 15) is 14.4 Å². The second-order valence-electron chi connectivity index (χ2n) is 4.46. The Balaban J connectivity index is 2.48. The number of aryl methyl sites for hydroxylation is 2. The molecule has 0 unspecified atom stereocenters. The lowest BCUT2D eigenvalue weighted by Gasteiger charge is -2.09. The molecule has 2 rings (SSSR count). The molecular formula is C12H16N4O4S. The summed E-state index contributed by atoms with van der Waals surface area (Å²) >= 11 is 1.18. The van der Waals surface area contributed by atoms with Crippen molar-refractivity contribution in [2.45, 2.75) is 24.3 Å². The van der Waals surface area contributed by atoms with Crippen LogP contribution in [0.15, 0.2) is 14.7 Å². The van der Waals surface area contributed by atoms with Crippen LogP contribution in [0.5, 0.6) is 0 Å². The third kappa shape index (κ3) is 2.73. The predicted octanol–water partition coefficient (Wildman–Crippen LogP) is 0.00400. The summed E-state index contributed by atoms with van der Waals surface area (Å²) in [5, 5.41) is 0.00817. The predicted molar refractivity (Wildman–Crippen MR) is 78.5 cm³/mol. The first-order valence-electron chi connectivity index (χ1n) is 6.35. The van der Waals surface area contributed by atoms with E-state index in [4.69, 9.17) is 4.74 Å². The quantitative estimate of drug-likeness (QED) is 0.630. The SMILES string of the molecule is CCOC(=O)[C@H](C)Sc1nc2c(c(=O)[nH]c(=O)n2C)n1C.